The first-order valence-corrected chi connectivity index (χ1v) is 12.6. The molecule has 0 amide bonds. The molecule has 2 N–H and O–H groups in total. The molecule has 4 nitrogen and oxygen atoms in total. The predicted molar refractivity (Wildman–Crippen MR) is 142 cm³/mol. The van der Waals surface area contributed by atoms with Crippen LogP contribution in [0.25, 0.3) is 0 Å². The third-order valence-electron chi connectivity index (χ3n) is 5.30. The smallest absolute Gasteiger partial charge is 0.0921 e. The van der Waals surface area contributed by atoms with Gasteiger partial charge in [0.2, 0.25) is 0 Å². The average molecular weight is 567 g/mol. The van der Waals surface area contributed by atoms with Gasteiger partial charge in [0.25, 0.3) is 0 Å². The van der Waals surface area contributed by atoms with Crippen molar-refractivity contribution in [2.75, 3.05) is 0 Å². The topological polar surface area (TPSA) is 57.8 Å². The summed E-state index contributed by atoms with van der Waals surface area (Å²) in [6.07, 6.45) is 12.7. The maximum absolute atomic E-state index is 10.7. The monoisotopic (exact) mass is 567 g/mol. The number of imidazole rings is 1. The molecule has 0 aliphatic heterocycles. The molecule has 0 bridgehead atoms. The zero-order valence-corrected chi connectivity index (χ0v) is 21.7. The number of carbonyl (C=O) groups excluding carboxylic acids is 1. The van der Waals surface area contributed by atoms with E-state index in [1.165, 1.54) is 15.9 Å². The number of allylic oxidation sites excluding steroid dienone is 3. The number of nitrogens with zero attached hydrogens (tertiary/aromatic N) is 1. The van der Waals surface area contributed by atoms with E-state index in [0.717, 1.165) is 17.8 Å². The van der Waals surface area contributed by atoms with Gasteiger partial charge in [0.1, 0.15) is 0 Å². The minimum atomic E-state index is -0.446. The van der Waals surface area contributed by atoms with Crippen LogP contribution in [-0.2, 0) is 30.7 Å². The first-order chi connectivity index (χ1) is 16.8. The van der Waals surface area contributed by atoms with Gasteiger partial charge in [-0.25, -0.2) is 11.3 Å². The number of H-pyrrole nitrogens is 1. The van der Waals surface area contributed by atoms with Crippen LogP contribution in [0.1, 0.15) is 12.1 Å². The molecule has 1 radical (unpaired) electrons. The van der Waals surface area contributed by atoms with Crippen molar-refractivity contribution in [1.29, 1.82) is 0 Å². The summed E-state index contributed by atoms with van der Waals surface area (Å²) in [4.78, 5) is 17.6. The molecule has 6 heteroatoms. The number of benzene rings is 3. The van der Waals surface area contributed by atoms with Crippen molar-refractivity contribution in [2.45, 2.75) is 18.9 Å². The Morgan fingerprint density at radius 2 is 1.43 bits per heavy atom. The number of aromatic nitrogens is 2. The van der Waals surface area contributed by atoms with Gasteiger partial charge < -0.3 is 15.1 Å². The standard InChI is InChI=1S/C18H15P.C11H12N3O.Rh/c1-4-10-16(11-5-1)19(17-12-6-2-7-13-17)18-14-8-3-9-15-18;15-7-11(5-10-6-12-8-13-10)14-9-3-1-2-4-9;/h1-15H;1-3,6,8,11,14H,4-5H2,(H,12,13);/q;-1;/t;11-;/m.0./s1. The van der Waals surface area contributed by atoms with E-state index in [2.05, 4.69) is 106 Å². The summed E-state index contributed by atoms with van der Waals surface area (Å²) < 4.78 is 0. The quantitative estimate of drug-likeness (QED) is 0.190. The van der Waals surface area contributed by atoms with Crippen LogP contribution in [0, 0.1) is 0 Å². The van der Waals surface area contributed by atoms with E-state index < -0.39 is 7.92 Å². The fourth-order valence-electron chi connectivity index (χ4n) is 3.69. The summed E-state index contributed by atoms with van der Waals surface area (Å²) >= 11 is 0. The third kappa shape index (κ3) is 7.96. The molecule has 1 aromatic heterocycles. The molecule has 35 heavy (non-hydrogen) atoms. The van der Waals surface area contributed by atoms with Gasteiger partial charge in [-0.3, -0.25) is 0 Å². The average Bonchev–Trinajstić information content (AvgIpc) is 3.61. The van der Waals surface area contributed by atoms with Crippen molar-refractivity contribution in [1.82, 2.24) is 15.3 Å². The molecule has 0 fully saturated rings. The fraction of sp³-hybridized carbons (Fsp3) is 0.103. The molecule has 5 rings (SSSR count). The van der Waals surface area contributed by atoms with Crippen LogP contribution in [0.15, 0.2) is 127 Å². The van der Waals surface area contributed by atoms with Crippen molar-refractivity contribution in [2.24, 2.45) is 0 Å². The predicted octanol–water partition coefficient (Wildman–Crippen LogP) is 4.31. The van der Waals surface area contributed by atoms with Crippen molar-refractivity contribution in [3.05, 3.63) is 133 Å². The normalized spacial score (nSPS) is 12.7. The number of hydrogen-bond donors (Lipinski definition) is 2. The summed E-state index contributed by atoms with van der Waals surface area (Å²) in [5.41, 5.74) is 1.99. The van der Waals surface area contributed by atoms with Crippen molar-refractivity contribution >= 4 is 30.1 Å². The van der Waals surface area contributed by atoms with Crippen LogP contribution in [0.2, 0.25) is 0 Å². The molecule has 0 saturated carbocycles. The molecule has 1 aliphatic carbocycles. The van der Waals surface area contributed by atoms with Gasteiger partial charge in [-0.05, 0) is 36.3 Å². The van der Waals surface area contributed by atoms with Crippen LogP contribution in [0.5, 0.6) is 0 Å². The van der Waals surface area contributed by atoms with E-state index in [4.69, 9.17) is 0 Å². The number of aromatic amines is 1. The third-order valence-corrected chi connectivity index (χ3v) is 7.74. The van der Waals surface area contributed by atoms with Gasteiger partial charge in [-0.15, -0.1) is 0 Å². The number of rotatable bonds is 8. The second-order valence-electron chi connectivity index (χ2n) is 7.76. The molecule has 1 aliphatic rings. The first-order valence-electron chi connectivity index (χ1n) is 11.3. The van der Waals surface area contributed by atoms with Crippen LogP contribution < -0.4 is 21.2 Å². The maximum Gasteiger partial charge on any atom is 0.0921 e. The second kappa shape index (κ2) is 14.3. The Balaban J connectivity index is 0.000000195. The minimum Gasteiger partial charge on any atom is -0.540 e. The molecule has 1 heterocycles. The van der Waals surface area contributed by atoms with E-state index in [9.17, 15) is 4.79 Å². The maximum atomic E-state index is 10.7. The Kier molecular flexibility index (Phi) is 10.8. The summed E-state index contributed by atoms with van der Waals surface area (Å²) in [5, 5.41) is 7.33. The number of hydrogen-bond acceptors (Lipinski definition) is 3. The van der Waals surface area contributed by atoms with Crippen molar-refractivity contribution in [3.63, 3.8) is 0 Å². The molecule has 1 atom stereocenters. The van der Waals surface area contributed by atoms with Crippen LogP contribution >= 0.6 is 7.92 Å². The van der Waals surface area contributed by atoms with E-state index in [-0.39, 0.29) is 25.5 Å². The van der Waals surface area contributed by atoms with Gasteiger partial charge >= 0.3 is 0 Å². The Morgan fingerprint density at radius 3 is 1.83 bits per heavy atom. The number of nitrogens with one attached hydrogen (secondary N) is 2. The molecule has 4 aromatic rings. The summed E-state index contributed by atoms with van der Waals surface area (Å²) in [5.74, 6) is 0. The molecule has 3 aromatic carbocycles. The zero-order chi connectivity index (χ0) is 23.4. The Hall–Kier alpha value is -3.13. The Bertz CT molecular complexity index is 1100. The minimum absolute atomic E-state index is 0. The zero-order valence-electron chi connectivity index (χ0n) is 19.2. The van der Waals surface area contributed by atoms with Gasteiger partial charge in [-0.2, -0.15) is 0 Å². The molecule has 179 valence electrons. The summed E-state index contributed by atoms with van der Waals surface area (Å²) in [6, 6.07) is 32.0. The molecule has 0 spiro atoms. The van der Waals surface area contributed by atoms with E-state index >= 15 is 0 Å². The Labute approximate surface area is 221 Å². The molecular formula is C29H27N3OPRh-. The molecule has 0 saturated heterocycles. The second-order valence-corrected chi connectivity index (χ2v) is 9.98. The van der Waals surface area contributed by atoms with Crippen molar-refractivity contribution < 1.29 is 24.3 Å². The van der Waals surface area contributed by atoms with Gasteiger partial charge in [-0.1, -0.05) is 109 Å². The molecular weight excluding hydrogens is 540 g/mol. The summed E-state index contributed by atoms with van der Waals surface area (Å²) in [6.45, 7) is 0. The van der Waals surface area contributed by atoms with E-state index in [0.29, 0.717) is 6.42 Å². The Morgan fingerprint density at radius 1 is 0.886 bits per heavy atom. The van der Waals surface area contributed by atoms with E-state index in [1.54, 1.807) is 12.5 Å². The first kappa shape index (κ1) is 26.5. The van der Waals surface area contributed by atoms with Crippen LogP contribution in [0.3, 0.4) is 0 Å². The fourth-order valence-corrected chi connectivity index (χ4v) is 6.00. The van der Waals surface area contributed by atoms with Crippen LogP contribution in [-0.4, -0.2) is 22.3 Å². The van der Waals surface area contributed by atoms with Crippen LogP contribution in [0.4, 0.5) is 0 Å². The van der Waals surface area contributed by atoms with Gasteiger partial charge in [0.05, 0.1) is 6.33 Å². The van der Waals surface area contributed by atoms with E-state index in [1.807, 2.05) is 24.5 Å². The largest absolute Gasteiger partial charge is 0.540 e. The van der Waals surface area contributed by atoms with Crippen molar-refractivity contribution in [3.8, 4) is 0 Å². The summed E-state index contributed by atoms with van der Waals surface area (Å²) in [7, 11) is -0.446. The molecule has 0 unspecified atom stereocenters. The van der Waals surface area contributed by atoms with Gasteiger partial charge in [0, 0.05) is 43.5 Å². The SMILES string of the molecule is O=[C-][C@H](Cc1cnc[nH]1)NC1=CC=CC1.[Rh].c1ccc(P(c2ccccc2)c2ccccc2)cc1. The van der Waals surface area contributed by atoms with Gasteiger partial charge in [0.15, 0.2) is 0 Å².